The van der Waals surface area contributed by atoms with Gasteiger partial charge in [0.2, 0.25) is 0 Å². The van der Waals surface area contributed by atoms with Crippen LogP contribution < -0.4 is 0 Å². The molecule has 1 saturated carbocycles. The van der Waals surface area contributed by atoms with Crippen LogP contribution in [0.15, 0.2) is 12.2 Å². The monoisotopic (exact) mass is 292 g/mol. The fourth-order valence-electron chi connectivity index (χ4n) is 5.68. The summed E-state index contributed by atoms with van der Waals surface area (Å²) in [7, 11) is 4.95. The first-order valence-electron chi connectivity index (χ1n) is 9.00. The maximum atomic E-state index is 5.52. The molecule has 4 aliphatic rings. The summed E-state index contributed by atoms with van der Waals surface area (Å²) < 4.78 is 8.10. The van der Waals surface area contributed by atoms with Crippen LogP contribution in [0, 0.1) is 23.7 Å². The molecule has 2 aliphatic heterocycles. The highest BCUT2D eigenvalue weighted by atomic mass is 16.5. The molecule has 0 aromatic carbocycles. The van der Waals surface area contributed by atoms with E-state index >= 15 is 0 Å². The molecule has 0 N–H and O–H groups in total. The third kappa shape index (κ3) is 2.58. The Labute approximate surface area is 129 Å². The molecular formula is C18H32N2O+2. The minimum atomic E-state index is 0.934. The van der Waals surface area contributed by atoms with Crippen molar-refractivity contribution in [2.24, 2.45) is 23.7 Å². The largest absolute Gasteiger partial charge is 0.370 e. The van der Waals surface area contributed by atoms with Crippen molar-refractivity contribution >= 4 is 0 Å². The molecule has 3 nitrogen and oxygen atoms in total. The van der Waals surface area contributed by atoms with Gasteiger partial charge in [0.05, 0.1) is 53.5 Å². The zero-order valence-electron chi connectivity index (χ0n) is 13.8. The molecule has 4 rings (SSSR count). The van der Waals surface area contributed by atoms with Crippen molar-refractivity contribution in [1.29, 1.82) is 0 Å². The summed E-state index contributed by atoms with van der Waals surface area (Å²) in [5.41, 5.74) is 0. The van der Waals surface area contributed by atoms with Crippen molar-refractivity contribution in [3.63, 3.8) is 0 Å². The average Bonchev–Trinajstić information content (AvgIpc) is 3.10. The third-order valence-corrected chi connectivity index (χ3v) is 7.05. The highest BCUT2D eigenvalue weighted by Gasteiger charge is 2.54. The number of likely N-dealkylation sites (N-methyl/N-ethyl adjacent to an activating group) is 1. The fourth-order valence-corrected chi connectivity index (χ4v) is 5.68. The fraction of sp³-hybridized carbons (Fsp3) is 0.889. The van der Waals surface area contributed by atoms with Crippen LogP contribution in [0.25, 0.3) is 0 Å². The third-order valence-electron chi connectivity index (χ3n) is 7.05. The number of fused-ring (bicyclic) bond motifs is 5. The van der Waals surface area contributed by atoms with E-state index in [0.29, 0.717) is 0 Å². The number of allylic oxidation sites excluding steroid dienone is 2. The lowest BCUT2D eigenvalue weighted by molar-refractivity contribution is -0.929. The topological polar surface area (TPSA) is 9.23 Å². The lowest BCUT2D eigenvalue weighted by Crippen LogP contribution is -2.53. The summed E-state index contributed by atoms with van der Waals surface area (Å²) in [4.78, 5) is 0. The van der Waals surface area contributed by atoms with E-state index in [1.54, 1.807) is 0 Å². The highest BCUT2D eigenvalue weighted by molar-refractivity contribution is 5.14. The molecule has 2 aliphatic carbocycles. The number of hydrogen-bond acceptors (Lipinski definition) is 1. The van der Waals surface area contributed by atoms with Gasteiger partial charge in [0, 0.05) is 18.3 Å². The second-order valence-electron chi connectivity index (χ2n) is 8.74. The van der Waals surface area contributed by atoms with E-state index in [1.807, 2.05) is 0 Å². The van der Waals surface area contributed by atoms with Gasteiger partial charge in [-0.15, -0.1) is 0 Å². The number of rotatable bonds is 4. The van der Waals surface area contributed by atoms with Crippen LogP contribution in [0.1, 0.15) is 12.8 Å². The molecule has 3 fully saturated rings. The lowest BCUT2D eigenvalue weighted by Gasteiger charge is -2.39. The maximum absolute atomic E-state index is 5.52. The predicted octanol–water partition coefficient (Wildman–Crippen LogP) is 1.75. The second kappa shape index (κ2) is 5.07. The van der Waals surface area contributed by atoms with E-state index in [9.17, 15) is 0 Å². The zero-order chi connectivity index (χ0) is 14.5. The van der Waals surface area contributed by atoms with Gasteiger partial charge < -0.3 is 13.7 Å². The Hall–Kier alpha value is -0.380. The second-order valence-corrected chi connectivity index (χ2v) is 8.74. The number of ether oxygens (including phenoxy) is 1. The van der Waals surface area contributed by atoms with Crippen molar-refractivity contribution in [2.75, 3.05) is 66.6 Å². The summed E-state index contributed by atoms with van der Waals surface area (Å²) in [6.07, 6.45) is 7.92. The summed E-state index contributed by atoms with van der Waals surface area (Å²) in [5.74, 6) is 3.89. The van der Waals surface area contributed by atoms with Crippen molar-refractivity contribution in [1.82, 2.24) is 0 Å². The molecule has 0 aromatic rings. The Morgan fingerprint density at radius 2 is 1.48 bits per heavy atom. The van der Waals surface area contributed by atoms with Gasteiger partial charge in [-0.3, -0.25) is 0 Å². The van der Waals surface area contributed by atoms with Crippen LogP contribution in [0.3, 0.4) is 0 Å². The number of quaternary nitrogens is 2. The molecular weight excluding hydrogens is 260 g/mol. The van der Waals surface area contributed by atoms with Gasteiger partial charge >= 0.3 is 0 Å². The quantitative estimate of drug-likeness (QED) is 0.567. The van der Waals surface area contributed by atoms with E-state index < -0.39 is 0 Å². The zero-order valence-corrected chi connectivity index (χ0v) is 13.8. The van der Waals surface area contributed by atoms with Gasteiger partial charge in [-0.1, -0.05) is 12.2 Å². The minimum Gasteiger partial charge on any atom is -0.370 e. The summed E-state index contributed by atoms with van der Waals surface area (Å²) in [5, 5.41) is 0. The lowest BCUT2D eigenvalue weighted by atomic mass is 9.86. The van der Waals surface area contributed by atoms with Crippen LogP contribution in [0.4, 0.5) is 0 Å². The van der Waals surface area contributed by atoms with E-state index in [2.05, 4.69) is 26.2 Å². The Balaban J connectivity index is 1.30. The molecule has 0 spiro atoms. The molecule has 21 heavy (non-hydrogen) atoms. The van der Waals surface area contributed by atoms with Crippen molar-refractivity contribution in [3.8, 4) is 0 Å². The van der Waals surface area contributed by atoms with E-state index in [1.165, 1.54) is 61.1 Å². The van der Waals surface area contributed by atoms with Gasteiger partial charge in [-0.05, 0) is 18.3 Å². The minimum absolute atomic E-state index is 0.934. The average molecular weight is 292 g/mol. The SMILES string of the molecule is C[N+]1(CCC[N+]2(C)CC3C4C=CC(C4)C3C2)CCOCC1. The Kier molecular flexibility index (Phi) is 3.44. The van der Waals surface area contributed by atoms with Gasteiger partial charge in [0.15, 0.2) is 0 Å². The molecule has 118 valence electrons. The predicted molar refractivity (Wildman–Crippen MR) is 84.7 cm³/mol. The number of hydrogen-bond donors (Lipinski definition) is 0. The van der Waals surface area contributed by atoms with Crippen LogP contribution in [0.5, 0.6) is 0 Å². The number of nitrogens with zero attached hydrogens (tertiary/aromatic N) is 2. The highest BCUT2D eigenvalue weighted by Crippen LogP contribution is 2.52. The van der Waals surface area contributed by atoms with Crippen LogP contribution in [-0.2, 0) is 4.74 Å². The van der Waals surface area contributed by atoms with Crippen molar-refractivity contribution in [3.05, 3.63) is 12.2 Å². The van der Waals surface area contributed by atoms with Gasteiger partial charge in [0.25, 0.3) is 0 Å². The molecule has 0 amide bonds. The Bertz CT molecular complexity index is 407. The summed E-state index contributed by atoms with van der Waals surface area (Å²) in [6.45, 7) is 9.97. The van der Waals surface area contributed by atoms with Crippen molar-refractivity contribution < 1.29 is 13.7 Å². The molecule has 3 heteroatoms. The summed E-state index contributed by atoms with van der Waals surface area (Å²) >= 11 is 0. The molecule has 4 unspecified atom stereocenters. The molecule has 2 heterocycles. The number of morpholine rings is 1. The Morgan fingerprint density at radius 1 is 0.905 bits per heavy atom. The standard InChI is InChI=1S/C18H32N2O/c1-19(8-10-21-11-9-19)6-3-7-20(2)13-17-15-4-5-16(12-15)18(17)14-20/h4-5,15-18H,3,6-14H2,1-2H3/q+2. The van der Waals surface area contributed by atoms with Gasteiger partial charge in [-0.25, -0.2) is 0 Å². The first-order chi connectivity index (χ1) is 10.1. The summed E-state index contributed by atoms with van der Waals surface area (Å²) in [6, 6.07) is 0. The van der Waals surface area contributed by atoms with E-state index in [4.69, 9.17) is 4.74 Å². The molecule has 2 saturated heterocycles. The molecule has 0 aromatic heterocycles. The molecule has 4 atom stereocenters. The smallest absolute Gasteiger partial charge is 0.102 e. The molecule has 0 radical (unpaired) electrons. The molecule has 2 bridgehead atoms. The van der Waals surface area contributed by atoms with E-state index in [-0.39, 0.29) is 0 Å². The first-order valence-corrected chi connectivity index (χ1v) is 9.00. The number of likely N-dealkylation sites (tertiary alicyclic amines) is 1. The Morgan fingerprint density at radius 3 is 2.10 bits per heavy atom. The van der Waals surface area contributed by atoms with Gasteiger partial charge in [-0.2, -0.15) is 0 Å². The maximum Gasteiger partial charge on any atom is 0.102 e. The van der Waals surface area contributed by atoms with Gasteiger partial charge in [0.1, 0.15) is 13.1 Å². The van der Waals surface area contributed by atoms with E-state index in [0.717, 1.165) is 36.9 Å². The van der Waals surface area contributed by atoms with Crippen LogP contribution >= 0.6 is 0 Å². The van der Waals surface area contributed by atoms with Crippen molar-refractivity contribution in [2.45, 2.75) is 12.8 Å². The normalized spacial score (nSPS) is 47.0. The first kappa shape index (κ1) is 14.2. The van der Waals surface area contributed by atoms with Crippen LogP contribution in [0.2, 0.25) is 0 Å². The van der Waals surface area contributed by atoms with Crippen LogP contribution in [-0.4, -0.2) is 75.5 Å².